The van der Waals surface area contributed by atoms with Gasteiger partial charge in [0.05, 0.1) is 25.4 Å². The smallest absolute Gasteiger partial charge is 0.325 e. The molecule has 160 valence electrons. The first-order valence-electron chi connectivity index (χ1n) is 9.95. The number of rotatable bonds is 6. The zero-order valence-corrected chi connectivity index (χ0v) is 17.6. The van der Waals surface area contributed by atoms with Crippen molar-refractivity contribution in [1.82, 2.24) is 20.0 Å². The molecule has 1 aromatic heterocycles. The van der Waals surface area contributed by atoms with Crippen molar-refractivity contribution in [2.75, 3.05) is 24.6 Å². The number of anilines is 1. The summed E-state index contributed by atoms with van der Waals surface area (Å²) in [4.78, 5) is 39.6. The standard InChI is InChI=1S/C21H27N5O4/c1-4-30-20(28)12-22-21(29)25-11-10-19-17(13-25)18(23-24(19)3)14-26(15(2)27)16-8-6-5-7-9-16/h5-9H,4,10-14H2,1-3H3,(H,22,29). The number of hydrogen-bond acceptors (Lipinski definition) is 5. The van der Waals surface area contributed by atoms with Crippen LogP contribution in [0.1, 0.15) is 30.8 Å². The van der Waals surface area contributed by atoms with Crippen LogP contribution in [-0.2, 0) is 40.9 Å². The predicted octanol–water partition coefficient (Wildman–Crippen LogP) is 1.60. The summed E-state index contributed by atoms with van der Waals surface area (Å²) < 4.78 is 6.66. The molecule has 30 heavy (non-hydrogen) atoms. The van der Waals surface area contributed by atoms with Gasteiger partial charge in [-0.3, -0.25) is 14.3 Å². The van der Waals surface area contributed by atoms with Crippen LogP contribution in [0, 0.1) is 0 Å². The number of urea groups is 1. The second kappa shape index (κ2) is 9.43. The maximum absolute atomic E-state index is 12.5. The number of aromatic nitrogens is 2. The molecule has 1 aliphatic rings. The van der Waals surface area contributed by atoms with Gasteiger partial charge in [-0.05, 0) is 19.1 Å². The van der Waals surface area contributed by atoms with Crippen molar-refractivity contribution in [3.05, 3.63) is 47.3 Å². The van der Waals surface area contributed by atoms with E-state index in [1.165, 1.54) is 6.92 Å². The lowest BCUT2D eigenvalue weighted by Crippen LogP contribution is -2.44. The Kier molecular flexibility index (Phi) is 6.71. The van der Waals surface area contributed by atoms with Gasteiger partial charge in [-0.1, -0.05) is 18.2 Å². The van der Waals surface area contributed by atoms with Crippen molar-refractivity contribution in [2.45, 2.75) is 33.4 Å². The van der Waals surface area contributed by atoms with Crippen molar-refractivity contribution in [3.8, 4) is 0 Å². The topological polar surface area (TPSA) is 96.8 Å². The maximum atomic E-state index is 12.5. The van der Waals surface area contributed by atoms with E-state index in [9.17, 15) is 14.4 Å². The second-order valence-electron chi connectivity index (χ2n) is 7.07. The normalized spacial score (nSPS) is 12.8. The Bertz CT molecular complexity index is 925. The van der Waals surface area contributed by atoms with Gasteiger partial charge < -0.3 is 19.9 Å². The average molecular weight is 413 g/mol. The molecule has 9 heteroatoms. The minimum absolute atomic E-state index is 0.0829. The Morgan fingerprint density at radius 1 is 1.23 bits per heavy atom. The largest absolute Gasteiger partial charge is 0.465 e. The molecule has 1 aromatic carbocycles. The molecule has 0 saturated carbocycles. The van der Waals surface area contributed by atoms with Crippen LogP contribution < -0.4 is 10.2 Å². The zero-order chi connectivity index (χ0) is 21.7. The van der Waals surface area contributed by atoms with Gasteiger partial charge in [-0.15, -0.1) is 0 Å². The van der Waals surface area contributed by atoms with Crippen molar-refractivity contribution in [2.24, 2.45) is 7.05 Å². The summed E-state index contributed by atoms with van der Waals surface area (Å²) in [7, 11) is 1.87. The van der Waals surface area contributed by atoms with Crippen LogP contribution >= 0.6 is 0 Å². The second-order valence-corrected chi connectivity index (χ2v) is 7.07. The maximum Gasteiger partial charge on any atom is 0.325 e. The highest BCUT2D eigenvalue weighted by molar-refractivity contribution is 5.91. The van der Waals surface area contributed by atoms with Gasteiger partial charge in [0.15, 0.2) is 0 Å². The molecule has 0 saturated heterocycles. The number of ether oxygens (including phenoxy) is 1. The number of carbonyl (C=O) groups excluding carboxylic acids is 3. The van der Waals surface area contributed by atoms with Gasteiger partial charge in [0.25, 0.3) is 0 Å². The van der Waals surface area contributed by atoms with Crippen molar-refractivity contribution >= 4 is 23.6 Å². The quantitative estimate of drug-likeness (QED) is 0.726. The molecule has 0 aliphatic carbocycles. The summed E-state index contributed by atoms with van der Waals surface area (Å²) in [6.07, 6.45) is 0.650. The molecule has 0 fully saturated rings. The molecule has 0 atom stereocenters. The molecule has 0 radical (unpaired) electrons. The lowest BCUT2D eigenvalue weighted by molar-refractivity contribution is -0.141. The van der Waals surface area contributed by atoms with Crippen molar-refractivity contribution in [3.63, 3.8) is 0 Å². The molecule has 3 rings (SSSR count). The van der Waals surface area contributed by atoms with Gasteiger partial charge in [0, 0.05) is 43.9 Å². The lowest BCUT2D eigenvalue weighted by atomic mass is 10.0. The van der Waals surface area contributed by atoms with Gasteiger partial charge in [-0.25, -0.2) is 4.79 Å². The van der Waals surface area contributed by atoms with Crippen molar-refractivity contribution < 1.29 is 19.1 Å². The third-order valence-corrected chi connectivity index (χ3v) is 5.06. The van der Waals surface area contributed by atoms with Crippen LogP contribution in [0.5, 0.6) is 0 Å². The molecular weight excluding hydrogens is 386 g/mol. The van der Waals surface area contributed by atoms with E-state index in [0.29, 0.717) is 26.1 Å². The highest BCUT2D eigenvalue weighted by Crippen LogP contribution is 2.25. The molecule has 0 spiro atoms. The number of esters is 1. The Balaban J connectivity index is 1.75. The van der Waals surface area contributed by atoms with E-state index in [4.69, 9.17) is 4.74 Å². The first-order chi connectivity index (χ1) is 14.4. The molecule has 9 nitrogen and oxygen atoms in total. The molecule has 0 bridgehead atoms. The highest BCUT2D eigenvalue weighted by atomic mass is 16.5. The average Bonchev–Trinajstić information content (AvgIpc) is 3.05. The number of fused-ring (bicyclic) bond motifs is 1. The molecule has 1 N–H and O–H groups in total. The van der Waals surface area contributed by atoms with Crippen molar-refractivity contribution in [1.29, 1.82) is 0 Å². The summed E-state index contributed by atoms with van der Waals surface area (Å²) in [5.74, 6) is -0.550. The predicted molar refractivity (Wildman–Crippen MR) is 111 cm³/mol. The molecule has 3 amide bonds. The summed E-state index contributed by atoms with van der Waals surface area (Å²) in [6, 6.07) is 9.11. The zero-order valence-electron chi connectivity index (χ0n) is 17.6. The van der Waals surface area contributed by atoms with Crippen LogP contribution in [0.25, 0.3) is 0 Å². The number of amides is 3. The van der Waals surface area contributed by atoms with E-state index in [2.05, 4.69) is 10.4 Å². The van der Waals surface area contributed by atoms with E-state index in [1.54, 1.807) is 16.7 Å². The fourth-order valence-corrected chi connectivity index (χ4v) is 3.58. The Morgan fingerprint density at radius 3 is 2.63 bits per heavy atom. The first-order valence-corrected chi connectivity index (χ1v) is 9.95. The Morgan fingerprint density at radius 2 is 1.97 bits per heavy atom. The minimum Gasteiger partial charge on any atom is -0.465 e. The molecule has 2 aromatic rings. The van der Waals surface area contributed by atoms with Crippen LogP contribution in [0.3, 0.4) is 0 Å². The summed E-state index contributed by atoms with van der Waals surface area (Å²) in [5, 5.41) is 7.22. The van der Waals surface area contributed by atoms with Gasteiger partial charge in [0.2, 0.25) is 5.91 Å². The first kappa shape index (κ1) is 21.4. The number of para-hydroxylation sites is 1. The number of nitrogens with zero attached hydrogens (tertiary/aromatic N) is 4. The Labute approximate surface area is 175 Å². The fraction of sp³-hybridized carbons (Fsp3) is 0.429. The van der Waals surface area contributed by atoms with E-state index >= 15 is 0 Å². The van der Waals surface area contributed by atoms with E-state index in [0.717, 1.165) is 22.6 Å². The fourth-order valence-electron chi connectivity index (χ4n) is 3.58. The number of carbonyl (C=O) groups is 3. The minimum atomic E-state index is -0.467. The molecule has 1 aliphatic heterocycles. The van der Waals surface area contributed by atoms with Gasteiger partial charge >= 0.3 is 12.0 Å². The summed E-state index contributed by atoms with van der Waals surface area (Å²) in [5.41, 5.74) is 3.55. The number of hydrogen-bond donors (Lipinski definition) is 1. The number of nitrogens with one attached hydrogen (secondary N) is 1. The van der Waals surface area contributed by atoms with Gasteiger partial charge in [0.1, 0.15) is 6.54 Å². The molecule has 2 heterocycles. The van der Waals surface area contributed by atoms with E-state index in [1.807, 2.05) is 42.1 Å². The SMILES string of the molecule is CCOC(=O)CNC(=O)N1CCc2c(c(CN(C(C)=O)c3ccccc3)nn2C)C1. The van der Waals surface area contributed by atoms with Gasteiger partial charge in [-0.2, -0.15) is 5.10 Å². The van der Waals surface area contributed by atoms with Crippen LogP contribution in [0.15, 0.2) is 30.3 Å². The molecular formula is C21H27N5O4. The highest BCUT2D eigenvalue weighted by Gasteiger charge is 2.28. The van der Waals surface area contributed by atoms with Crippen LogP contribution in [0.4, 0.5) is 10.5 Å². The molecule has 0 unspecified atom stereocenters. The Hall–Kier alpha value is -3.36. The van der Waals surface area contributed by atoms with E-state index < -0.39 is 5.97 Å². The summed E-state index contributed by atoms with van der Waals surface area (Å²) in [6.45, 7) is 4.56. The lowest BCUT2D eigenvalue weighted by Gasteiger charge is -2.28. The number of benzene rings is 1. The number of aryl methyl sites for hydroxylation is 1. The third-order valence-electron chi connectivity index (χ3n) is 5.06. The summed E-state index contributed by atoms with van der Waals surface area (Å²) >= 11 is 0. The monoisotopic (exact) mass is 413 g/mol. The van der Waals surface area contributed by atoms with E-state index in [-0.39, 0.29) is 25.1 Å². The third kappa shape index (κ3) is 4.79. The van der Waals surface area contributed by atoms with Crippen LogP contribution in [0.2, 0.25) is 0 Å². The van der Waals surface area contributed by atoms with Crippen LogP contribution in [-0.4, -0.2) is 52.3 Å².